The SMILES string of the molecule is c1ccc(-n2c3ccccc3c3ccc(-c4c5ccccc5c(-c5cc6occc6c6c5oc5ccccc56)c5ccccc45)cc32)cc1. The van der Waals surface area contributed by atoms with Crippen LogP contribution in [0.3, 0.4) is 0 Å². The lowest BCUT2D eigenvalue weighted by Gasteiger charge is -2.18. The number of nitrogens with zero attached hydrogens (tertiary/aromatic N) is 1. The van der Waals surface area contributed by atoms with Crippen molar-refractivity contribution in [2.45, 2.75) is 0 Å². The lowest BCUT2D eigenvalue weighted by Crippen LogP contribution is -1.94. The summed E-state index contributed by atoms with van der Waals surface area (Å²) in [4.78, 5) is 0. The Labute approximate surface area is 280 Å². The van der Waals surface area contributed by atoms with Crippen LogP contribution in [-0.2, 0) is 0 Å². The first-order chi connectivity index (χ1) is 24.3. The molecule has 0 spiro atoms. The number of para-hydroxylation sites is 3. The molecule has 0 aliphatic rings. The molecule has 0 atom stereocenters. The second-order valence-electron chi connectivity index (χ2n) is 12.8. The van der Waals surface area contributed by atoms with Gasteiger partial charge in [-0.2, -0.15) is 0 Å². The molecule has 11 rings (SSSR count). The molecular formula is C46H27NO2. The van der Waals surface area contributed by atoms with Crippen molar-refractivity contribution in [1.29, 1.82) is 0 Å². The van der Waals surface area contributed by atoms with Gasteiger partial charge < -0.3 is 13.4 Å². The molecule has 3 heteroatoms. The summed E-state index contributed by atoms with van der Waals surface area (Å²) in [5, 5.41) is 10.5. The molecule has 0 N–H and O–H groups in total. The van der Waals surface area contributed by atoms with Gasteiger partial charge in [-0.25, -0.2) is 0 Å². The van der Waals surface area contributed by atoms with Gasteiger partial charge in [0.2, 0.25) is 0 Å². The zero-order valence-corrected chi connectivity index (χ0v) is 26.4. The first-order valence-electron chi connectivity index (χ1n) is 16.7. The molecule has 0 fully saturated rings. The highest BCUT2D eigenvalue weighted by atomic mass is 16.3. The first-order valence-corrected chi connectivity index (χ1v) is 16.7. The third-order valence-electron chi connectivity index (χ3n) is 10.3. The molecule has 3 aromatic heterocycles. The maximum Gasteiger partial charge on any atom is 0.144 e. The molecular weight excluding hydrogens is 599 g/mol. The lowest BCUT2D eigenvalue weighted by atomic mass is 9.85. The minimum Gasteiger partial charge on any atom is -0.464 e. The van der Waals surface area contributed by atoms with Crippen molar-refractivity contribution in [2.24, 2.45) is 0 Å². The Morgan fingerprint density at radius 3 is 1.76 bits per heavy atom. The summed E-state index contributed by atoms with van der Waals surface area (Å²) in [5.41, 5.74) is 10.7. The van der Waals surface area contributed by atoms with Gasteiger partial charge in [-0.05, 0) is 75.1 Å². The normalized spacial score (nSPS) is 12.1. The fourth-order valence-electron chi connectivity index (χ4n) is 8.24. The summed E-state index contributed by atoms with van der Waals surface area (Å²) >= 11 is 0. The summed E-state index contributed by atoms with van der Waals surface area (Å²) < 4.78 is 15.2. The Morgan fingerprint density at radius 2 is 1.00 bits per heavy atom. The van der Waals surface area contributed by atoms with Crippen LogP contribution >= 0.6 is 0 Å². The summed E-state index contributed by atoms with van der Waals surface area (Å²) in [5.74, 6) is 0. The van der Waals surface area contributed by atoms with Crippen molar-refractivity contribution in [3.05, 3.63) is 164 Å². The smallest absolute Gasteiger partial charge is 0.144 e. The van der Waals surface area contributed by atoms with Gasteiger partial charge in [0.05, 0.1) is 17.3 Å². The number of rotatable bonds is 3. The average Bonchev–Trinajstić information content (AvgIpc) is 3.87. The molecule has 0 unspecified atom stereocenters. The number of fused-ring (bicyclic) bond motifs is 10. The summed E-state index contributed by atoms with van der Waals surface area (Å²) in [7, 11) is 0. The largest absolute Gasteiger partial charge is 0.464 e. The van der Waals surface area contributed by atoms with Crippen molar-refractivity contribution in [3.8, 4) is 27.9 Å². The van der Waals surface area contributed by atoms with Gasteiger partial charge in [0, 0.05) is 43.7 Å². The van der Waals surface area contributed by atoms with Crippen LogP contribution in [0.5, 0.6) is 0 Å². The summed E-state index contributed by atoms with van der Waals surface area (Å²) in [6.45, 7) is 0. The van der Waals surface area contributed by atoms with Gasteiger partial charge in [-0.15, -0.1) is 0 Å². The first kappa shape index (κ1) is 26.5. The van der Waals surface area contributed by atoms with Crippen molar-refractivity contribution in [2.75, 3.05) is 0 Å². The number of hydrogen-bond donors (Lipinski definition) is 0. The van der Waals surface area contributed by atoms with E-state index in [0.29, 0.717) is 0 Å². The van der Waals surface area contributed by atoms with Gasteiger partial charge in [0.15, 0.2) is 0 Å². The zero-order valence-electron chi connectivity index (χ0n) is 26.4. The van der Waals surface area contributed by atoms with Crippen LogP contribution in [0.25, 0.3) is 104 Å². The third kappa shape index (κ3) is 3.67. The van der Waals surface area contributed by atoms with Crippen LogP contribution in [0.15, 0.2) is 173 Å². The van der Waals surface area contributed by atoms with Crippen LogP contribution < -0.4 is 0 Å². The van der Waals surface area contributed by atoms with Gasteiger partial charge in [0.1, 0.15) is 16.7 Å². The van der Waals surface area contributed by atoms with E-state index in [-0.39, 0.29) is 0 Å². The molecule has 0 bridgehead atoms. The minimum atomic E-state index is 0.852. The van der Waals surface area contributed by atoms with E-state index in [2.05, 4.69) is 150 Å². The highest BCUT2D eigenvalue weighted by Crippen LogP contribution is 2.49. The Bertz CT molecular complexity index is 3050. The topological polar surface area (TPSA) is 31.2 Å². The molecule has 3 heterocycles. The average molecular weight is 626 g/mol. The maximum absolute atomic E-state index is 6.72. The molecule has 8 aromatic carbocycles. The predicted molar refractivity (Wildman–Crippen MR) is 204 cm³/mol. The van der Waals surface area contributed by atoms with Crippen LogP contribution in [0, 0.1) is 0 Å². The Hall–Kier alpha value is -6.58. The van der Waals surface area contributed by atoms with Crippen molar-refractivity contribution >= 4 is 76.3 Å². The minimum absolute atomic E-state index is 0.852. The van der Waals surface area contributed by atoms with E-state index in [1.807, 2.05) is 12.1 Å². The molecule has 0 aliphatic carbocycles. The number of hydrogen-bond acceptors (Lipinski definition) is 2. The molecule has 0 saturated heterocycles. The van der Waals surface area contributed by atoms with E-state index in [4.69, 9.17) is 8.83 Å². The highest BCUT2D eigenvalue weighted by Gasteiger charge is 2.23. The van der Waals surface area contributed by atoms with E-state index in [1.54, 1.807) is 6.26 Å². The summed E-state index contributed by atoms with van der Waals surface area (Å²) in [6, 6.07) is 56.5. The van der Waals surface area contributed by atoms with Gasteiger partial charge in [-0.1, -0.05) is 115 Å². The number of benzene rings is 8. The van der Waals surface area contributed by atoms with E-state index in [1.165, 1.54) is 54.5 Å². The fraction of sp³-hybridized carbons (Fsp3) is 0. The molecule has 0 aliphatic heterocycles. The second kappa shape index (κ2) is 9.96. The quantitative estimate of drug-likeness (QED) is 0.183. The fourth-order valence-corrected chi connectivity index (χ4v) is 8.24. The maximum atomic E-state index is 6.72. The van der Waals surface area contributed by atoms with Gasteiger partial charge >= 0.3 is 0 Å². The molecule has 0 amide bonds. The summed E-state index contributed by atoms with van der Waals surface area (Å²) in [6.07, 6.45) is 1.78. The van der Waals surface area contributed by atoms with Crippen LogP contribution in [0.2, 0.25) is 0 Å². The molecule has 228 valence electrons. The monoisotopic (exact) mass is 625 g/mol. The van der Waals surface area contributed by atoms with Gasteiger partial charge in [0.25, 0.3) is 0 Å². The number of furan rings is 2. The van der Waals surface area contributed by atoms with E-state index in [9.17, 15) is 0 Å². The van der Waals surface area contributed by atoms with Crippen molar-refractivity contribution < 1.29 is 8.83 Å². The van der Waals surface area contributed by atoms with Crippen LogP contribution in [0.1, 0.15) is 0 Å². The Morgan fingerprint density at radius 1 is 0.408 bits per heavy atom. The second-order valence-corrected chi connectivity index (χ2v) is 12.8. The van der Waals surface area contributed by atoms with E-state index < -0.39 is 0 Å². The Balaban J connectivity index is 1.27. The molecule has 0 saturated carbocycles. The third-order valence-corrected chi connectivity index (χ3v) is 10.3. The van der Waals surface area contributed by atoms with Crippen LogP contribution in [0.4, 0.5) is 0 Å². The number of aromatic nitrogens is 1. The molecule has 11 aromatic rings. The molecule has 0 radical (unpaired) electrons. The molecule has 49 heavy (non-hydrogen) atoms. The van der Waals surface area contributed by atoms with Crippen molar-refractivity contribution in [1.82, 2.24) is 4.57 Å². The van der Waals surface area contributed by atoms with Crippen LogP contribution in [-0.4, -0.2) is 4.57 Å². The van der Waals surface area contributed by atoms with E-state index >= 15 is 0 Å². The van der Waals surface area contributed by atoms with E-state index in [0.717, 1.165) is 49.7 Å². The van der Waals surface area contributed by atoms with Gasteiger partial charge in [-0.3, -0.25) is 0 Å². The molecule has 3 nitrogen and oxygen atoms in total. The zero-order chi connectivity index (χ0) is 32.1. The lowest BCUT2D eigenvalue weighted by molar-refractivity contribution is 0.615. The highest BCUT2D eigenvalue weighted by molar-refractivity contribution is 6.28. The Kier molecular flexibility index (Phi) is 5.38. The standard InChI is InChI=1S/C46H27NO2/c1-2-12-29(13-3-1)47-39-20-10-8-14-30(39)31-23-22-28(26-40(31)47)43-32-15-4-6-17-34(32)44(35-18-7-5-16-33(35)43)38-27-42-37(24-25-48-42)45-36-19-9-11-21-41(36)49-46(38)45/h1-27H. The van der Waals surface area contributed by atoms with Crippen molar-refractivity contribution in [3.63, 3.8) is 0 Å². The predicted octanol–water partition coefficient (Wildman–Crippen LogP) is 13.1.